The van der Waals surface area contributed by atoms with E-state index in [1.165, 1.54) is 6.08 Å². The number of aromatic amines is 1. The van der Waals surface area contributed by atoms with Gasteiger partial charge < -0.3 is 24.8 Å². The van der Waals surface area contributed by atoms with Crippen molar-refractivity contribution in [1.29, 1.82) is 0 Å². The molecule has 1 saturated heterocycles. The van der Waals surface area contributed by atoms with Gasteiger partial charge in [-0.15, -0.1) is 0 Å². The Morgan fingerprint density at radius 3 is 2.71 bits per heavy atom. The molecular formula is C32H41ClN6O3. The molecule has 0 radical (unpaired) electrons. The lowest BCUT2D eigenvalue weighted by Crippen LogP contribution is -2.50. The molecule has 1 aromatic carbocycles. The number of H-pyrrole nitrogens is 1. The van der Waals surface area contributed by atoms with Crippen molar-refractivity contribution in [3.05, 3.63) is 54.3 Å². The fraction of sp³-hybridized carbons (Fsp3) is 0.500. The Hall–Kier alpha value is -3.59. The lowest BCUT2D eigenvalue weighted by molar-refractivity contribution is -0.127. The van der Waals surface area contributed by atoms with Crippen LogP contribution < -0.4 is 5.32 Å². The largest absolute Gasteiger partial charge is 0.444 e. The Balaban J connectivity index is 1.30. The van der Waals surface area contributed by atoms with Gasteiger partial charge in [-0.2, -0.15) is 0 Å². The molecule has 9 nitrogen and oxygen atoms in total. The number of para-hydroxylation sites is 1. The summed E-state index contributed by atoms with van der Waals surface area (Å²) in [7, 11) is 0. The van der Waals surface area contributed by atoms with Crippen LogP contribution in [0.25, 0.3) is 22.2 Å². The van der Waals surface area contributed by atoms with Crippen LogP contribution >= 0.6 is 11.6 Å². The molecule has 5 rings (SSSR count). The zero-order valence-electron chi connectivity index (χ0n) is 24.7. The number of likely N-dealkylation sites (tertiary alicyclic amines) is 1. The highest BCUT2D eigenvalue weighted by atomic mass is 35.5. The molecule has 1 aliphatic carbocycles. The van der Waals surface area contributed by atoms with Gasteiger partial charge >= 0.3 is 6.09 Å². The number of carbonyl (C=O) groups is 2. The Morgan fingerprint density at radius 2 is 1.98 bits per heavy atom. The van der Waals surface area contributed by atoms with Crippen molar-refractivity contribution >= 4 is 40.5 Å². The maximum absolute atomic E-state index is 13.5. The maximum Gasteiger partial charge on any atom is 0.410 e. The van der Waals surface area contributed by atoms with Crippen LogP contribution in [0, 0.1) is 5.92 Å². The smallest absolute Gasteiger partial charge is 0.410 e. The molecule has 3 aromatic rings. The lowest BCUT2D eigenvalue weighted by atomic mass is 9.88. The number of benzene rings is 1. The number of anilines is 1. The van der Waals surface area contributed by atoms with E-state index in [9.17, 15) is 9.59 Å². The molecule has 1 saturated carbocycles. The number of aromatic nitrogens is 3. The highest BCUT2D eigenvalue weighted by Crippen LogP contribution is 2.33. The zero-order valence-corrected chi connectivity index (χ0v) is 25.5. The normalized spacial score (nSPS) is 19.9. The first-order chi connectivity index (χ1) is 20.1. The minimum atomic E-state index is -0.586. The average Bonchev–Trinajstić information content (AvgIpc) is 3.40. The van der Waals surface area contributed by atoms with E-state index in [1.54, 1.807) is 6.20 Å². The monoisotopic (exact) mass is 592 g/mol. The van der Waals surface area contributed by atoms with Crippen LogP contribution in [-0.2, 0) is 9.53 Å². The summed E-state index contributed by atoms with van der Waals surface area (Å²) in [6.45, 7) is 11.3. The van der Waals surface area contributed by atoms with Crippen LogP contribution in [0.5, 0.6) is 0 Å². The van der Waals surface area contributed by atoms with Crippen molar-refractivity contribution in [3.63, 3.8) is 0 Å². The Bertz CT molecular complexity index is 1430. The van der Waals surface area contributed by atoms with Crippen molar-refractivity contribution in [2.24, 2.45) is 5.92 Å². The first kappa shape index (κ1) is 29.9. The number of hydrogen-bond acceptors (Lipinski definition) is 6. The predicted octanol–water partition coefficient (Wildman–Crippen LogP) is 6.66. The molecule has 2 aromatic heterocycles. The van der Waals surface area contributed by atoms with Gasteiger partial charge in [0.15, 0.2) is 0 Å². The van der Waals surface area contributed by atoms with Gasteiger partial charge in [0.2, 0.25) is 11.9 Å². The van der Waals surface area contributed by atoms with E-state index in [1.807, 2.05) is 61.0 Å². The number of piperidine rings is 1. The first-order valence-corrected chi connectivity index (χ1v) is 15.3. The van der Waals surface area contributed by atoms with Crippen molar-refractivity contribution in [2.45, 2.75) is 77.0 Å². The minimum Gasteiger partial charge on any atom is -0.444 e. The van der Waals surface area contributed by atoms with Crippen molar-refractivity contribution in [1.82, 2.24) is 24.8 Å². The number of carbonyl (C=O) groups excluding carboxylic acids is 2. The quantitative estimate of drug-likeness (QED) is 0.297. The third-order valence-electron chi connectivity index (χ3n) is 8.19. The molecule has 2 aliphatic rings. The van der Waals surface area contributed by atoms with Crippen LogP contribution in [0.2, 0.25) is 5.02 Å². The summed E-state index contributed by atoms with van der Waals surface area (Å²) in [5, 5.41) is 5.08. The summed E-state index contributed by atoms with van der Waals surface area (Å²) >= 11 is 6.56. The van der Waals surface area contributed by atoms with Crippen molar-refractivity contribution < 1.29 is 14.3 Å². The number of hydrogen-bond donors (Lipinski definition) is 2. The molecule has 0 spiro atoms. The second kappa shape index (κ2) is 12.7. The number of halogens is 1. The Labute approximate surface area is 252 Å². The maximum atomic E-state index is 13.5. The molecule has 0 bridgehead atoms. The van der Waals surface area contributed by atoms with Gasteiger partial charge in [-0.3, -0.25) is 4.79 Å². The summed E-state index contributed by atoms with van der Waals surface area (Å²) in [5.74, 6) is 0.794. The van der Waals surface area contributed by atoms with Gasteiger partial charge in [0.1, 0.15) is 5.60 Å². The molecule has 2 fully saturated rings. The summed E-state index contributed by atoms with van der Waals surface area (Å²) in [5.41, 5.74) is 2.04. The van der Waals surface area contributed by atoms with Gasteiger partial charge in [-0.25, -0.2) is 14.8 Å². The molecular weight excluding hydrogens is 552 g/mol. The van der Waals surface area contributed by atoms with Crippen molar-refractivity contribution in [2.75, 3.05) is 25.0 Å². The van der Waals surface area contributed by atoms with E-state index in [0.717, 1.165) is 55.0 Å². The van der Waals surface area contributed by atoms with Crippen LogP contribution in [0.3, 0.4) is 0 Å². The number of rotatable bonds is 7. The highest BCUT2D eigenvalue weighted by molar-refractivity contribution is 6.33. The van der Waals surface area contributed by atoms with Gasteiger partial charge in [-0.1, -0.05) is 36.4 Å². The van der Waals surface area contributed by atoms with Crippen molar-refractivity contribution in [3.8, 4) is 11.3 Å². The first-order valence-electron chi connectivity index (χ1n) is 14.9. The lowest BCUT2D eigenvalue weighted by Gasteiger charge is -2.41. The average molecular weight is 593 g/mol. The summed E-state index contributed by atoms with van der Waals surface area (Å²) in [4.78, 5) is 41.9. The van der Waals surface area contributed by atoms with Gasteiger partial charge in [0.05, 0.1) is 16.9 Å². The molecule has 224 valence electrons. The standard InChI is InChI=1S/C32H41ClN6O3/c1-5-28(40)38-15-13-21(14-16-38)20-39(31(41)42-32(2,3)4)23-10-8-9-22(17-23)36-30-35-19-26(33)29(37-30)25-18-34-27-12-7-6-11-24(25)27/h5-7,11-12,18-19,21-23,34H,1,8-10,13-17,20H2,2-4H3,(H,35,36,37)/t22-,23+/m1/s1. The summed E-state index contributed by atoms with van der Waals surface area (Å²) in [6.07, 6.45) is 9.96. The second-order valence-electron chi connectivity index (χ2n) is 12.4. The molecule has 2 amide bonds. The molecule has 42 heavy (non-hydrogen) atoms. The van der Waals surface area contributed by atoms with Gasteiger partial charge in [0.25, 0.3) is 0 Å². The zero-order chi connectivity index (χ0) is 29.9. The van der Waals surface area contributed by atoms with Gasteiger partial charge in [-0.05, 0) is 77.4 Å². The molecule has 0 unspecified atom stereocenters. The molecule has 2 atom stereocenters. The van der Waals surface area contributed by atoms with Crippen LogP contribution in [0.1, 0.15) is 59.3 Å². The van der Waals surface area contributed by atoms with E-state index in [2.05, 4.69) is 21.9 Å². The Kier molecular flexibility index (Phi) is 9.06. The predicted molar refractivity (Wildman–Crippen MR) is 166 cm³/mol. The van der Waals surface area contributed by atoms with E-state index in [4.69, 9.17) is 21.3 Å². The summed E-state index contributed by atoms with van der Waals surface area (Å²) < 4.78 is 5.88. The fourth-order valence-corrected chi connectivity index (χ4v) is 6.28. The van der Waals surface area contributed by atoms with Gasteiger partial charge in [0, 0.05) is 54.4 Å². The second-order valence-corrected chi connectivity index (χ2v) is 12.8. The van der Waals surface area contributed by atoms with Crippen LogP contribution in [0.4, 0.5) is 10.7 Å². The summed E-state index contributed by atoms with van der Waals surface area (Å²) in [6, 6.07) is 8.18. The van der Waals surface area contributed by atoms with E-state index in [-0.39, 0.29) is 24.1 Å². The third kappa shape index (κ3) is 7.06. The van der Waals surface area contributed by atoms with E-state index < -0.39 is 5.60 Å². The van der Waals surface area contributed by atoms with E-state index in [0.29, 0.717) is 42.2 Å². The topological polar surface area (TPSA) is 103 Å². The van der Waals surface area contributed by atoms with Crippen LogP contribution in [0.15, 0.2) is 49.3 Å². The van der Waals surface area contributed by atoms with E-state index >= 15 is 0 Å². The number of nitrogens with one attached hydrogen (secondary N) is 2. The van der Waals surface area contributed by atoms with Crippen LogP contribution in [-0.4, -0.2) is 74.1 Å². The number of amides is 2. The number of ether oxygens (including phenoxy) is 1. The Morgan fingerprint density at radius 1 is 1.21 bits per heavy atom. The number of nitrogens with zero attached hydrogens (tertiary/aromatic N) is 4. The molecule has 3 heterocycles. The molecule has 2 N–H and O–H groups in total. The third-order valence-corrected chi connectivity index (χ3v) is 8.47. The SMILES string of the molecule is C=CC(=O)N1CCC(CN(C(=O)OC(C)(C)C)[C@H]2CCC[C@@H](Nc3ncc(Cl)c(-c4c[nH]c5ccccc45)n3)C2)CC1. The fourth-order valence-electron chi connectivity index (χ4n) is 6.09. The highest BCUT2D eigenvalue weighted by Gasteiger charge is 2.35. The molecule has 10 heteroatoms. The number of fused-ring (bicyclic) bond motifs is 1. The minimum absolute atomic E-state index is 0.0272. The molecule has 1 aliphatic heterocycles.